The first-order valence-electron chi connectivity index (χ1n) is 5.64. The number of amides is 1. The van der Waals surface area contributed by atoms with Gasteiger partial charge in [-0.1, -0.05) is 5.92 Å². The van der Waals surface area contributed by atoms with E-state index in [0.29, 0.717) is 6.54 Å². The van der Waals surface area contributed by atoms with Crippen molar-refractivity contribution >= 4 is 5.91 Å². The molecule has 0 atom stereocenters. The van der Waals surface area contributed by atoms with Crippen LogP contribution in [0.5, 0.6) is 0 Å². The Morgan fingerprint density at radius 1 is 1.47 bits per heavy atom. The van der Waals surface area contributed by atoms with E-state index in [-0.39, 0.29) is 5.91 Å². The van der Waals surface area contributed by atoms with E-state index in [0.717, 1.165) is 17.8 Å². The molecule has 0 unspecified atom stereocenters. The molecule has 0 aliphatic carbocycles. The van der Waals surface area contributed by atoms with Gasteiger partial charge in [0.2, 0.25) is 0 Å². The maximum Gasteiger partial charge on any atom is 0.298 e. The molecule has 1 amide bonds. The third-order valence-corrected chi connectivity index (χ3v) is 2.93. The molecule has 0 fully saturated rings. The topological polar surface area (TPSA) is 38.1 Å². The van der Waals surface area contributed by atoms with Crippen molar-refractivity contribution in [1.82, 2.24) is 14.7 Å². The smallest absolute Gasteiger partial charge is 0.298 e. The molecule has 0 aromatic carbocycles. The average molecular weight is 233 g/mol. The molecule has 4 nitrogen and oxygen atoms in total. The van der Waals surface area contributed by atoms with Crippen LogP contribution >= 0.6 is 0 Å². The third-order valence-electron chi connectivity index (χ3n) is 2.93. The lowest BCUT2D eigenvalue weighted by Gasteiger charge is -2.13. The summed E-state index contributed by atoms with van der Waals surface area (Å²) in [4.78, 5) is 13.1. The number of carbonyl (C=O) groups excluding carboxylic acids is 1. The molecule has 1 aromatic heterocycles. The van der Waals surface area contributed by atoms with Gasteiger partial charge in [0.1, 0.15) is 0 Å². The summed E-state index contributed by atoms with van der Waals surface area (Å²) in [6, 6.07) is 0. The standard InChI is InChI=1S/C13H19N3O/c1-6-7-13(17)15(4)9-8-12-10(2)14-16(5)11(12)3/h8-9H2,1-5H3. The fourth-order valence-corrected chi connectivity index (χ4v) is 1.76. The van der Waals surface area contributed by atoms with Crippen LogP contribution in [-0.2, 0) is 18.3 Å². The Labute approximate surface area is 103 Å². The number of aryl methyl sites for hydroxylation is 2. The molecule has 0 bridgehead atoms. The lowest BCUT2D eigenvalue weighted by molar-refractivity contribution is -0.123. The van der Waals surface area contributed by atoms with Gasteiger partial charge in [0.15, 0.2) is 0 Å². The predicted octanol–water partition coefficient (Wildman–Crippen LogP) is 1.06. The van der Waals surface area contributed by atoms with Crippen molar-refractivity contribution < 1.29 is 4.79 Å². The third kappa shape index (κ3) is 3.10. The minimum Gasteiger partial charge on any atom is -0.335 e. The maximum atomic E-state index is 11.5. The van der Waals surface area contributed by atoms with Crippen LogP contribution in [0.4, 0.5) is 0 Å². The normalized spacial score (nSPS) is 9.71. The minimum absolute atomic E-state index is 0.133. The van der Waals surface area contributed by atoms with Crippen molar-refractivity contribution in [1.29, 1.82) is 0 Å². The molecule has 92 valence electrons. The molecule has 1 aromatic rings. The van der Waals surface area contributed by atoms with E-state index in [1.54, 1.807) is 18.9 Å². The predicted molar refractivity (Wildman–Crippen MR) is 67.5 cm³/mol. The van der Waals surface area contributed by atoms with Crippen LogP contribution in [0.3, 0.4) is 0 Å². The van der Waals surface area contributed by atoms with Gasteiger partial charge in [-0.25, -0.2) is 0 Å². The zero-order valence-corrected chi connectivity index (χ0v) is 11.2. The SMILES string of the molecule is CC#CC(=O)N(C)CCc1c(C)nn(C)c1C. The Kier molecular flexibility index (Phi) is 4.33. The van der Waals surface area contributed by atoms with Crippen molar-refractivity contribution in [2.75, 3.05) is 13.6 Å². The second kappa shape index (κ2) is 5.53. The number of carbonyl (C=O) groups is 1. The number of hydrogen-bond donors (Lipinski definition) is 0. The summed E-state index contributed by atoms with van der Waals surface area (Å²) in [5.41, 5.74) is 3.41. The lowest BCUT2D eigenvalue weighted by Crippen LogP contribution is -2.27. The van der Waals surface area contributed by atoms with Crippen LogP contribution in [0.15, 0.2) is 0 Å². The second-order valence-electron chi connectivity index (χ2n) is 4.12. The molecule has 1 rings (SSSR count). The molecule has 0 aliphatic heterocycles. The maximum absolute atomic E-state index is 11.5. The number of aromatic nitrogens is 2. The Bertz CT molecular complexity index is 477. The molecular formula is C13H19N3O. The molecule has 17 heavy (non-hydrogen) atoms. The van der Waals surface area contributed by atoms with E-state index in [1.165, 1.54) is 5.56 Å². The summed E-state index contributed by atoms with van der Waals surface area (Å²) in [6.07, 6.45) is 0.819. The summed E-state index contributed by atoms with van der Waals surface area (Å²) in [6.45, 7) is 6.38. The molecule has 0 aliphatic rings. The molecule has 0 saturated heterocycles. The number of hydrogen-bond acceptors (Lipinski definition) is 2. The highest BCUT2D eigenvalue weighted by molar-refractivity contribution is 5.93. The quantitative estimate of drug-likeness (QED) is 0.732. The highest BCUT2D eigenvalue weighted by atomic mass is 16.2. The second-order valence-corrected chi connectivity index (χ2v) is 4.12. The number of rotatable bonds is 3. The van der Waals surface area contributed by atoms with Crippen molar-refractivity contribution in [3.05, 3.63) is 17.0 Å². The molecule has 1 heterocycles. The van der Waals surface area contributed by atoms with E-state index >= 15 is 0 Å². The summed E-state index contributed by atoms with van der Waals surface area (Å²) in [7, 11) is 3.71. The first kappa shape index (κ1) is 13.3. The van der Waals surface area contributed by atoms with Crippen LogP contribution in [0.25, 0.3) is 0 Å². The molecule has 0 spiro atoms. The van der Waals surface area contributed by atoms with Gasteiger partial charge in [-0.2, -0.15) is 5.10 Å². The first-order chi connectivity index (χ1) is 7.97. The van der Waals surface area contributed by atoms with E-state index in [9.17, 15) is 4.79 Å². The zero-order valence-electron chi connectivity index (χ0n) is 11.2. The molecule has 4 heteroatoms. The Morgan fingerprint density at radius 3 is 2.59 bits per heavy atom. The number of likely N-dealkylation sites (N-methyl/N-ethyl adjacent to an activating group) is 1. The van der Waals surface area contributed by atoms with Crippen molar-refractivity contribution in [3.63, 3.8) is 0 Å². The van der Waals surface area contributed by atoms with Gasteiger partial charge in [0.05, 0.1) is 5.69 Å². The van der Waals surface area contributed by atoms with Gasteiger partial charge in [0.25, 0.3) is 5.91 Å². The zero-order chi connectivity index (χ0) is 13.0. The largest absolute Gasteiger partial charge is 0.335 e. The van der Waals surface area contributed by atoms with Crippen LogP contribution in [0, 0.1) is 25.7 Å². The van der Waals surface area contributed by atoms with Crippen molar-refractivity contribution in [2.45, 2.75) is 27.2 Å². The van der Waals surface area contributed by atoms with Crippen LogP contribution in [-0.4, -0.2) is 34.2 Å². The summed E-state index contributed by atoms with van der Waals surface area (Å²) >= 11 is 0. The van der Waals surface area contributed by atoms with E-state index in [2.05, 4.69) is 16.9 Å². The van der Waals surface area contributed by atoms with E-state index in [4.69, 9.17) is 0 Å². The Morgan fingerprint density at radius 2 is 2.12 bits per heavy atom. The monoisotopic (exact) mass is 233 g/mol. The van der Waals surface area contributed by atoms with Crippen molar-refractivity contribution in [2.24, 2.45) is 7.05 Å². The van der Waals surface area contributed by atoms with Gasteiger partial charge in [0, 0.05) is 26.3 Å². The Balaban J connectivity index is 2.67. The molecule has 0 N–H and O–H groups in total. The van der Waals surface area contributed by atoms with Gasteiger partial charge >= 0.3 is 0 Å². The Hall–Kier alpha value is -1.76. The minimum atomic E-state index is -0.133. The van der Waals surface area contributed by atoms with Crippen molar-refractivity contribution in [3.8, 4) is 11.8 Å². The first-order valence-corrected chi connectivity index (χ1v) is 5.64. The summed E-state index contributed by atoms with van der Waals surface area (Å²) in [5, 5.41) is 4.35. The van der Waals surface area contributed by atoms with Crippen LogP contribution < -0.4 is 0 Å². The molecular weight excluding hydrogens is 214 g/mol. The van der Waals surface area contributed by atoms with Gasteiger partial charge in [-0.15, -0.1) is 0 Å². The molecule has 0 saturated carbocycles. The average Bonchev–Trinajstić information content (AvgIpc) is 2.51. The summed E-state index contributed by atoms with van der Waals surface area (Å²) < 4.78 is 1.87. The van der Waals surface area contributed by atoms with Crippen LogP contribution in [0.2, 0.25) is 0 Å². The number of nitrogens with zero attached hydrogens (tertiary/aromatic N) is 3. The highest BCUT2D eigenvalue weighted by Crippen LogP contribution is 2.12. The van der Waals surface area contributed by atoms with E-state index in [1.807, 2.05) is 25.6 Å². The highest BCUT2D eigenvalue weighted by Gasteiger charge is 2.11. The molecule has 0 radical (unpaired) electrons. The van der Waals surface area contributed by atoms with Gasteiger partial charge in [-0.3, -0.25) is 9.48 Å². The fourth-order valence-electron chi connectivity index (χ4n) is 1.76. The van der Waals surface area contributed by atoms with E-state index < -0.39 is 0 Å². The lowest BCUT2D eigenvalue weighted by atomic mass is 10.1. The fraction of sp³-hybridized carbons (Fsp3) is 0.538. The summed E-state index contributed by atoms with van der Waals surface area (Å²) in [5.74, 6) is 5.02. The van der Waals surface area contributed by atoms with Crippen LogP contribution in [0.1, 0.15) is 23.9 Å². The van der Waals surface area contributed by atoms with Gasteiger partial charge in [-0.05, 0) is 38.7 Å². The van der Waals surface area contributed by atoms with Gasteiger partial charge < -0.3 is 4.90 Å².